The van der Waals surface area contributed by atoms with Crippen molar-refractivity contribution < 1.29 is 4.39 Å². The summed E-state index contributed by atoms with van der Waals surface area (Å²) < 4.78 is 12.8. The van der Waals surface area contributed by atoms with Crippen LogP contribution in [0.3, 0.4) is 0 Å². The standard InChI is InChI=1S/C14H10FN/c15-13-4-1-10(2-5-13)11-3-6-14-12(9-11)7-8-16-14/h1-9,16H. The number of aromatic nitrogens is 1. The number of benzene rings is 2. The van der Waals surface area contributed by atoms with E-state index in [9.17, 15) is 4.39 Å². The highest BCUT2D eigenvalue weighted by atomic mass is 19.1. The predicted octanol–water partition coefficient (Wildman–Crippen LogP) is 3.97. The van der Waals surface area contributed by atoms with Crippen LogP contribution in [-0.4, -0.2) is 4.98 Å². The molecule has 0 aliphatic rings. The molecule has 0 amide bonds. The van der Waals surface area contributed by atoms with Crippen molar-refractivity contribution in [3.8, 4) is 11.1 Å². The SMILES string of the molecule is Fc1ccc(-c2ccc3[nH]ccc3c2)cc1. The van der Waals surface area contributed by atoms with E-state index in [-0.39, 0.29) is 5.82 Å². The maximum Gasteiger partial charge on any atom is 0.123 e. The first-order valence-electron chi connectivity index (χ1n) is 5.16. The molecule has 1 N–H and O–H groups in total. The largest absolute Gasteiger partial charge is 0.361 e. The van der Waals surface area contributed by atoms with Crippen LogP contribution >= 0.6 is 0 Å². The van der Waals surface area contributed by atoms with Gasteiger partial charge in [-0.2, -0.15) is 0 Å². The highest BCUT2D eigenvalue weighted by molar-refractivity contribution is 5.84. The summed E-state index contributed by atoms with van der Waals surface area (Å²) in [6.45, 7) is 0. The number of aromatic amines is 1. The minimum atomic E-state index is -0.202. The molecule has 0 radical (unpaired) electrons. The molecule has 3 rings (SSSR count). The maximum atomic E-state index is 12.8. The summed E-state index contributed by atoms with van der Waals surface area (Å²) in [7, 11) is 0. The van der Waals surface area contributed by atoms with Crippen LogP contribution in [0.1, 0.15) is 0 Å². The van der Waals surface area contributed by atoms with Crippen molar-refractivity contribution in [3.05, 3.63) is 60.5 Å². The fourth-order valence-corrected chi connectivity index (χ4v) is 1.88. The van der Waals surface area contributed by atoms with E-state index in [1.54, 1.807) is 12.1 Å². The molecule has 2 aromatic carbocycles. The van der Waals surface area contributed by atoms with Gasteiger partial charge in [-0.25, -0.2) is 4.39 Å². The second-order valence-electron chi connectivity index (χ2n) is 3.79. The van der Waals surface area contributed by atoms with E-state index >= 15 is 0 Å². The number of fused-ring (bicyclic) bond motifs is 1. The van der Waals surface area contributed by atoms with E-state index in [4.69, 9.17) is 0 Å². The highest BCUT2D eigenvalue weighted by Crippen LogP contribution is 2.23. The van der Waals surface area contributed by atoms with E-state index in [1.807, 2.05) is 24.4 Å². The van der Waals surface area contributed by atoms with Gasteiger partial charge in [-0.3, -0.25) is 0 Å². The normalized spacial score (nSPS) is 10.8. The van der Waals surface area contributed by atoms with Gasteiger partial charge >= 0.3 is 0 Å². The number of nitrogens with one attached hydrogen (secondary N) is 1. The highest BCUT2D eigenvalue weighted by Gasteiger charge is 2.00. The minimum absolute atomic E-state index is 0.202. The molecule has 0 saturated carbocycles. The van der Waals surface area contributed by atoms with Crippen molar-refractivity contribution in [1.82, 2.24) is 4.98 Å². The van der Waals surface area contributed by atoms with Crippen molar-refractivity contribution >= 4 is 10.9 Å². The van der Waals surface area contributed by atoms with Gasteiger partial charge < -0.3 is 4.98 Å². The summed E-state index contributed by atoms with van der Waals surface area (Å²) in [5.74, 6) is -0.202. The lowest BCUT2D eigenvalue weighted by Crippen LogP contribution is -1.78. The maximum absolute atomic E-state index is 12.8. The third kappa shape index (κ3) is 1.48. The first kappa shape index (κ1) is 9.16. The van der Waals surface area contributed by atoms with Crippen LogP contribution in [0, 0.1) is 5.82 Å². The smallest absolute Gasteiger partial charge is 0.123 e. The van der Waals surface area contributed by atoms with E-state index in [1.165, 1.54) is 17.5 Å². The van der Waals surface area contributed by atoms with Gasteiger partial charge in [-0.1, -0.05) is 18.2 Å². The molecule has 0 atom stereocenters. The zero-order valence-electron chi connectivity index (χ0n) is 8.57. The molecule has 1 aromatic heterocycles. The molecular weight excluding hydrogens is 201 g/mol. The van der Waals surface area contributed by atoms with Gasteiger partial charge in [0.05, 0.1) is 0 Å². The average Bonchev–Trinajstić information content (AvgIpc) is 2.77. The van der Waals surface area contributed by atoms with Gasteiger partial charge in [0.2, 0.25) is 0 Å². The molecule has 0 fully saturated rings. The van der Waals surface area contributed by atoms with Gasteiger partial charge in [0.25, 0.3) is 0 Å². The summed E-state index contributed by atoms with van der Waals surface area (Å²) in [6.07, 6.45) is 1.92. The zero-order chi connectivity index (χ0) is 11.0. The monoisotopic (exact) mass is 211 g/mol. The van der Waals surface area contributed by atoms with Crippen molar-refractivity contribution in [2.75, 3.05) is 0 Å². The Morgan fingerprint density at radius 1 is 0.812 bits per heavy atom. The summed E-state index contributed by atoms with van der Waals surface area (Å²) in [5, 5.41) is 1.17. The van der Waals surface area contributed by atoms with Crippen molar-refractivity contribution in [2.45, 2.75) is 0 Å². The lowest BCUT2D eigenvalue weighted by Gasteiger charge is -2.01. The topological polar surface area (TPSA) is 15.8 Å². The Bertz CT molecular complexity index is 623. The second kappa shape index (κ2) is 3.49. The van der Waals surface area contributed by atoms with E-state index in [0.717, 1.165) is 16.6 Å². The van der Waals surface area contributed by atoms with Crippen LogP contribution in [0.2, 0.25) is 0 Å². The Kier molecular flexibility index (Phi) is 2.00. The molecule has 0 spiro atoms. The molecule has 3 aromatic rings. The third-order valence-electron chi connectivity index (χ3n) is 2.73. The number of H-pyrrole nitrogens is 1. The van der Waals surface area contributed by atoms with Gasteiger partial charge in [-0.15, -0.1) is 0 Å². The van der Waals surface area contributed by atoms with Crippen molar-refractivity contribution in [2.24, 2.45) is 0 Å². The Hall–Kier alpha value is -2.09. The van der Waals surface area contributed by atoms with Crippen LogP contribution < -0.4 is 0 Å². The van der Waals surface area contributed by atoms with Crippen LogP contribution in [0.4, 0.5) is 4.39 Å². The molecule has 78 valence electrons. The molecule has 2 heteroatoms. The second-order valence-corrected chi connectivity index (χ2v) is 3.79. The Labute approximate surface area is 92.5 Å². The Balaban J connectivity index is 2.14. The minimum Gasteiger partial charge on any atom is -0.361 e. The summed E-state index contributed by atoms with van der Waals surface area (Å²) in [4.78, 5) is 3.15. The molecule has 0 aliphatic heterocycles. The molecule has 16 heavy (non-hydrogen) atoms. The van der Waals surface area contributed by atoms with Crippen molar-refractivity contribution in [3.63, 3.8) is 0 Å². The van der Waals surface area contributed by atoms with Crippen LogP contribution in [-0.2, 0) is 0 Å². The first-order valence-corrected chi connectivity index (χ1v) is 5.16. The van der Waals surface area contributed by atoms with E-state index in [0.29, 0.717) is 0 Å². The molecule has 0 bridgehead atoms. The lowest BCUT2D eigenvalue weighted by atomic mass is 10.0. The number of hydrogen-bond acceptors (Lipinski definition) is 0. The average molecular weight is 211 g/mol. The fraction of sp³-hybridized carbons (Fsp3) is 0. The first-order chi connectivity index (χ1) is 7.83. The molecule has 0 saturated heterocycles. The quantitative estimate of drug-likeness (QED) is 0.626. The van der Waals surface area contributed by atoms with Crippen LogP contribution in [0.15, 0.2) is 54.7 Å². The molecule has 0 aliphatic carbocycles. The van der Waals surface area contributed by atoms with Gasteiger partial charge in [0.15, 0.2) is 0 Å². The number of rotatable bonds is 1. The van der Waals surface area contributed by atoms with Gasteiger partial charge in [-0.05, 0) is 46.8 Å². The van der Waals surface area contributed by atoms with Gasteiger partial charge in [0.1, 0.15) is 5.82 Å². The van der Waals surface area contributed by atoms with Crippen LogP contribution in [0.25, 0.3) is 22.0 Å². The van der Waals surface area contributed by atoms with E-state index in [2.05, 4.69) is 11.1 Å². The summed E-state index contributed by atoms with van der Waals surface area (Å²) in [6, 6.07) is 14.8. The molecule has 1 heterocycles. The number of halogens is 1. The summed E-state index contributed by atoms with van der Waals surface area (Å²) in [5.41, 5.74) is 3.25. The Morgan fingerprint density at radius 3 is 2.38 bits per heavy atom. The lowest BCUT2D eigenvalue weighted by molar-refractivity contribution is 0.628. The molecule has 1 nitrogen and oxygen atoms in total. The molecular formula is C14H10FN. The third-order valence-corrected chi connectivity index (χ3v) is 2.73. The molecule has 0 unspecified atom stereocenters. The zero-order valence-corrected chi connectivity index (χ0v) is 8.57. The van der Waals surface area contributed by atoms with Crippen molar-refractivity contribution in [1.29, 1.82) is 0 Å². The Morgan fingerprint density at radius 2 is 1.56 bits per heavy atom. The van der Waals surface area contributed by atoms with E-state index < -0.39 is 0 Å². The number of hydrogen-bond donors (Lipinski definition) is 1. The fourth-order valence-electron chi connectivity index (χ4n) is 1.88. The van der Waals surface area contributed by atoms with Gasteiger partial charge in [0, 0.05) is 11.7 Å². The summed E-state index contributed by atoms with van der Waals surface area (Å²) >= 11 is 0. The van der Waals surface area contributed by atoms with Crippen LogP contribution in [0.5, 0.6) is 0 Å². The predicted molar refractivity (Wildman–Crippen MR) is 63.7 cm³/mol.